The summed E-state index contributed by atoms with van der Waals surface area (Å²) < 4.78 is 33.3. The van der Waals surface area contributed by atoms with Gasteiger partial charge in [0.05, 0.1) is 16.4 Å². The molecule has 7 nitrogen and oxygen atoms in total. The molecule has 0 saturated carbocycles. The van der Waals surface area contributed by atoms with Crippen LogP contribution in [-0.4, -0.2) is 27.7 Å². The van der Waals surface area contributed by atoms with E-state index in [4.69, 9.17) is 16.3 Å². The molecule has 0 aliphatic rings. The van der Waals surface area contributed by atoms with Crippen molar-refractivity contribution in [3.8, 4) is 5.75 Å². The van der Waals surface area contributed by atoms with Gasteiger partial charge in [-0.1, -0.05) is 11.6 Å². The number of amides is 2. The van der Waals surface area contributed by atoms with E-state index in [1.54, 1.807) is 23.7 Å². The van der Waals surface area contributed by atoms with Crippen LogP contribution in [0.25, 0.3) is 0 Å². The van der Waals surface area contributed by atoms with Gasteiger partial charge in [-0.05, 0) is 64.1 Å². The zero-order valence-corrected chi connectivity index (χ0v) is 19.2. The van der Waals surface area contributed by atoms with Crippen molar-refractivity contribution in [2.24, 2.45) is 0 Å². The summed E-state index contributed by atoms with van der Waals surface area (Å²) in [5.74, 6) is -2.88. The van der Waals surface area contributed by atoms with Gasteiger partial charge in [-0.3, -0.25) is 14.3 Å². The molecular weight excluding hydrogens is 454 g/mol. The van der Waals surface area contributed by atoms with Crippen LogP contribution >= 0.6 is 11.6 Å². The Hall–Kier alpha value is -3.46. The van der Waals surface area contributed by atoms with Crippen LogP contribution in [0.1, 0.15) is 31.3 Å². The first kappa shape index (κ1) is 24.2. The van der Waals surface area contributed by atoms with Gasteiger partial charge in [0.1, 0.15) is 11.8 Å². The Balaban J connectivity index is 1.62. The van der Waals surface area contributed by atoms with Crippen molar-refractivity contribution in [3.63, 3.8) is 0 Å². The number of ether oxygens (including phenoxy) is 1. The fourth-order valence-electron chi connectivity index (χ4n) is 3.13. The molecular formula is C23H23ClF2N4O3. The van der Waals surface area contributed by atoms with Gasteiger partial charge in [-0.15, -0.1) is 0 Å². The third-order valence-corrected chi connectivity index (χ3v) is 5.17. The zero-order chi connectivity index (χ0) is 24.3. The number of benzene rings is 2. The van der Waals surface area contributed by atoms with Crippen LogP contribution in [0.2, 0.25) is 5.02 Å². The molecule has 3 aromatic rings. The van der Waals surface area contributed by atoms with Crippen LogP contribution in [0, 0.1) is 25.5 Å². The number of nitrogens with zero attached hydrogens (tertiary/aromatic N) is 2. The van der Waals surface area contributed by atoms with E-state index in [9.17, 15) is 18.4 Å². The summed E-state index contributed by atoms with van der Waals surface area (Å²) in [5, 5.41) is 9.92. The number of carbonyl (C=O) groups is 2. The van der Waals surface area contributed by atoms with E-state index in [0.717, 1.165) is 23.5 Å². The molecule has 3 rings (SSSR count). The number of aromatic nitrogens is 2. The summed E-state index contributed by atoms with van der Waals surface area (Å²) in [6, 6.07) is 8.94. The summed E-state index contributed by atoms with van der Waals surface area (Å²) in [4.78, 5) is 25.0. The van der Waals surface area contributed by atoms with Gasteiger partial charge in [-0.2, -0.15) is 5.10 Å². The van der Waals surface area contributed by atoms with Crippen molar-refractivity contribution < 1.29 is 23.1 Å². The highest BCUT2D eigenvalue weighted by Crippen LogP contribution is 2.27. The van der Waals surface area contributed by atoms with E-state index in [1.807, 2.05) is 19.9 Å². The maximum atomic E-state index is 13.3. The lowest BCUT2D eigenvalue weighted by Gasteiger charge is -2.17. The van der Waals surface area contributed by atoms with Crippen LogP contribution in [-0.2, 0) is 9.59 Å². The number of anilines is 2. The maximum absolute atomic E-state index is 13.3. The highest BCUT2D eigenvalue weighted by molar-refractivity contribution is 6.34. The lowest BCUT2D eigenvalue weighted by atomic mass is 10.2. The predicted molar refractivity (Wildman–Crippen MR) is 122 cm³/mol. The van der Waals surface area contributed by atoms with Crippen molar-refractivity contribution in [1.82, 2.24) is 9.78 Å². The minimum absolute atomic E-state index is 0.0179. The first-order valence-corrected chi connectivity index (χ1v) is 10.5. The predicted octanol–water partition coefficient (Wildman–Crippen LogP) is 5.04. The summed E-state index contributed by atoms with van der Waals surface area (Å²) in [6.07, 6.45) is -0.991. The Morgan fingerprint density at radius 3 is 2.33 bits per heavy atom. The number of aryl methyl sites for hydroxylation is 2. The summed E-state index contributed by atoms with van der Waals surface area (Å²) >= 11 is 6.29. The van der Waals surface area contributed by atoms with E-state index in [1.165, 1.54) is 19.1 Å². The lowest BCUT2D eigenvalue weighted by Crippen LogP contribution is -2.30. The van der Waals surface area contributed by atoms with Gasteiger partial charge in [-0.25, -0.2) is 8.78 Å². The van der Waals surface area contributed by atoms with Crippen LogP contribution in [0.4, 0.5) is 20.2 Å². The number of halogens is 3. The van der Waals surface area contributed by atoms with Crippen LogP contribution in [0.15, 0.2) is 42.5 Å². The van der Waals surface area contributed by atoms with E-state index >= 15 is 0 Å². The SMILES string of the molecule is Cc1cc(C)n(C(C)C(=O)Nc2ccc(NC(=O)C(C)Oc3ccc(F)c(F)c3)cc2Cl)n1. The zero-order valence-electron chi connectivity index (χ0n) is 18.4. The van der Waals surface area contributed by atoms with Gasteiger partial charge < -0.3 is 15.4 Å². The van der Waals surface area contributed by atoms with E-state index in [0.29, 0.717) is 11.4 Å². The number of carbonyl (C=O) groups excluding carboxylic acids is 2. The van der Waals surface area contributed by atoms with Gasteiger partial charge in [0.15, 0.2) is 17.7 Å². The maximum Gasteiger partial charge on any atom is 0.265 e. The molecule has 1 aromatic heterocycles. The Bertz CT molecular complexity index is 1200. The van der Waals surface area contributed by atoms with Crippen LogP contribution in [0.3, 0.4) is 0 Å². The third-order valence-electron chi connectivity index (χ3n) is 4.86. The molecule has 2 amide bonds. The highest BCUT2D eigenvalue weighted by atomic mass is 35.5. The molecule has 0 fully saturated rings. The fraction of sp³-hybridized carbons (Fsp3) is 0.261. The number of hydrogen-bond donors (Lipinski definition) is 2. The number of rotatable bonds is 7. The first-order valence-electron chi connectivity index (χ1n) is 10.1. The van der Waals surface area contributed by atoms with E-state index in [-0.39, 0.29) is 16.7 Å². The Morgan fingerprint density at radius 1 is 1.00 bits per heavy atom. The van der Waals surface area contributed by atoms with Crippen molar-refractivity contribution in [3.05, 3.63) is 70.5 Å². The molecule has 1 heterocycles. The van der Waals surface area contributed by atoms with Gasteiger partial charge in [0, 0.05) is 17.4 Å². The topological polar surface area (TPSA) is 85.2 Å². The minimum Gasteiger partial charge on any atom is -0.481 e. The van der Waals surface area contributed by atoms with E-state index in [2.05, 4.69) is 15.7 Å². The molecule has 0 radical (unpaired) electrons. The molecule has 2 atom stereocenters. The highest BCUT2D eigenvalue weighted by Gasteiger charge is 2.20. The van der Waals surface area contributed by atoms with Gasteiger partial charge >= 0.3 is 0 Å². The second-order valence-electron chi connectivity index (χ2n) is 7.56. The molecule has 0 aliphatic carbocycles. The molecule has 0 spiro atoms. The standard InChI is InChI=1S/C23H23ClF2N4O3/c1-12-9-13(2)30(29-12)14(3)22(31)28-21-8-5-16(10-18(21)24)27-23(32)15(4)33-17-6-7-19(25)20(26)11-17/h5-11,14-15H,1-4H3,(H,27,32)(H,28,31). The third kappa shape index (κ3) is 5.87. The fourth-order valence-corrected chi connectivity index (χ4v) is 3.36. The molecule has 2 N–H and O–H groups in total. The van der Waals surface area contributed by atoms with Crippen molar-refractivity contribution in [1.29, 1.82) is 0 Å². The summed E-state index contributed by atoms with van der Waals surface area (Å²) in [5.41, 5.74) is 2.42. The molecule has 33 heavy (non-hydrogen) atoms. The Kier molecular flexibility index (Phi) is 7.33. The summed E-state index contributed by atoms with van der Waals surface area (Å²) in [6.45, 7) is 6.91. The lowest BCUT2D eigenvalue weighted by molar-refractivity contribution is -0.122. The first-order chi connectivity index (χ1) is 15.5. The molecule has 174 valence electrons. The van der Waals surface area contributed by atoms with Crippen molar-refractivity contribution in [2.45, 2.75) is 39.8 Å². The molecule has 10 heteroatoms. The Labute approximate surface area is 194 Å². The summed E-state index contributed by atoms with van der Waals surface area (Å²) in [7, 11) is 0. The monoisotopic (exact) mass is 476 g/mol. The largest absolute Gasteiger partial charge is 0.481 e. The van der Waals surface area contributed by atoms with Gasteiger partial charge in [0.25, 0.3) is 5.91 Å². The van der Waals surface area contributed by atoms with Crippen molar-refractivity contribution >= 4 is 34.8 Å². The second-order valence-corrected chi connectivity index (χ2v) is 7.96. The quantitative estimate of drug-likeness (QED) is 0.500. The van der Waals surface area contributed by atoms with Crippen molar-refractivity contribution in [2.75, 3.05) is 10.6 Å². The number of nitrogens with one attached hydrogen (secondary N) is 2. The smallest absolute Gasteiger partial charge is 0.265 e. The molecule has 0 aliphatic heterocycles. The van der Waals surface area contributed by atoms with Crippen LogP contribution in [0.5, 0.6) is 5.75 Å². The molecule has 2 unspecified atom stereocenters. The molecule has 0 bridgehead atoms. The molecule has 0 saturated heterocycles. The Morgan fingerprint density at radius 2 is 1.73 bits per heavy atom. The average molecular weight is 477 g/mol. The van der Waals surface area contributed by atoms with Crippen LogP contribution < -0.4 is 15.4 Å². The normalized spacial score (nSPS) is 12.7. The van der Waals surface area contributed by atoms with E-state index < -0.39 is 29.7 Å². The number of hydrogen-bond acceptors (Lipinski definition) is 4. The average Bonchev–Trinajstić information content (AvgIpc) is 3.09. The van der Waals surface area contributed by atoms with Gasteiger partial charge in [0.2, 0.25) is 5.91 Å². The molecule has 2 aromatic carbocycles. The minimum atomic E-state index is -1.07. The second kappa shape index (κ2) is 9.99.